The highest BCUT2D eigenvalue weighted by Gasteiger charge is 2.31. The van der Waals surface area contributed by atoms with Gasteiger partial charge in [-0.3, -0.25) is 0 Å². The number of amides is 2. The maximum absolute atomic E-state index is 12.8. The van der Waals surface area contributed by atoms with Crippen LogP contribution in [0, 0.1) is 13.8 Å². The molecule has 0 aliphatic carbocycles. The molecule has 7 heteroatoms. The maximum atomic E-state index is 12.8. The van der Waals surface area contributed by atoms with Gasteiger partial charge in [-0.05, 0) is 37.3 Å². The molecule has 1 aliphatic rings. The number of nitrogens with zero attached hydrogens (tertiary/aromatic N) is 2. The van der Waals surface area contributed by atoms with Gasteiger partial charge in [0.05, 0.1) is 13.2 Å². The van der Waals surface area contributed by atoms with E-state index in [0.717, 1.165) is 17.0 Å². The Morgan fingerprint density at radius 3 is 2.92 bits per heavy atom. The lowest BCUT2D eigenvalue weighted by Gasteiger charge is -2.34. The van der Waals surface area contributed by atoms with Gasteiger partial charge in [-0.2, -0.15) is 0 Å². The number of nitrogens with one attached hydrogen (secondary N) is 1. The first kappa shape index (κ1) is 15.7. The van der Waals surface area contributed by atoms with Crippen LogP contribution in [0.5, 0.6) is 0 Å². The lowest BCUT2D eigenvalue weighted by Crippen LogP contribution is -2.45. The molecule has 0 bridgehead atoms. The topological polar surface area (TPSA) is 80.7 Å². The molecule has 2 amide bonds. The molecule has 1 aromatic carbocycles. The number of hydrogen-bond acceptors (Lipinski definition) is 5. The number of carbonyl (C=O) groups excluding carboxylic acids is 1. The zero-order valence-corrected chi connectivity index (χ0v) is 14.1. The number of anilines is 1. The minimum Gasteiger partial charge on any atom is -0.464 e. The van der Waals surface area contributed by atoms with E-state index in [-0.39, 0.29) is 12.1 Å². The zero-order valence-electron chi connectivity index (χ0n) is 14.1. The normalized spacial score (nSPS) is 17.8. The SMILES string of the molecule is Cc1ccc([C@H]2COCCN2C(=O)Nc2ccc3oc(C)nc3c2)o1. The fourth-order valence-electron chi connectivity index (χ4n) is 3.03. The highest BCUT2D eigenvalue weighted by atomic mass is 16.5. The first-order chi connectivity index (χ1) is 12.1. The molecule has 0 spiro atoms. The van der Waals surface area contributed by atoms with Crippen LogP contribution >= 0.6 is 0 Å². The van der Waals surface area contributed by atoms with E-state index in [1.165, 1.54) is 0 Å². The van der Waals surface area contributed by atoms with Crippen LogP contribution in [-0.4, -0.2) is 35.7 Å². The summed E-state index contributed by atoms with van der Waals surface area (Å²) in [5.41, 5.74) is 2.09. The Labute approximate surface area is 144 Å². The second-order valence-electron chi connectivity index (χ2n) is 6.08. The van der Waals surface area contributed by atoms with Crippen molar-refractivity contribution in [2.45, 2.75) is 19.9 Å². The highest BCUT2D eigenvalue weighted by molar-refractivity contribution is 5.92. The monoisotopic (exact) mass is 341 g/mol. The summed E-state index contributed by atoms with van der Waals surface area (Å²) in [6, 6.07) is 8.76. The van der Waals surface area contributed by atoms with Crippen LogP contribution in [0.4, 0.5) is 10.5 Å². The first-order valence-corrected chi connectivity index (χ1v) is 8.19. The summed E-state index contributed by atoms with van der Waals surface area (Å²) in [4.78, 5) is 18.8. The third-order valence-corrected chi connectivity index (χ3v) is 4.22. The van der Waals surface area contributed by atoms with Gasteiger partial charge in [-0.15, -0.1) is 0 Å². The van der Waals surface area contributed by atoms with Crippen LogP contribution in [0.2, 0.25) is 0 Å². The quantitative estimate of drug-likeness (QED) is 0.769. The number of benzene rings is 1. The third-order valence-electron chi connectivity index (χ3n) is 4.22. The second-order valence-corrected chi connectivity index (χ2v) is 6.08. The van der Waals surface area contributed by atoms with E-state index in [1.807, 2.05) is 19.1 Å². The lowest BCUT2D eigenvalue weighted by atomic mass is 10.2. The van der Waals surface area contributed by atoms with Crippen molar-refractivity contribution in [2.24, 2.45) is 0 Å². The minimum atomic E-state index is -0.236. The van der Waals surface area contributed by atoms with E-state index < -0.39 is 0 Å². The number of carbonyl (C=O) groups is 1. The van der Waals surface area contributed by atoms with Crippen LogP contribution in [-0.2, 0) is 4.74 Å². The van der Waals surface area contributed by atoms with Crippen molar-refractivity contribution in [1.29, 1.82) is 0 Å². The Bertz CT molecular complexity index is 914. The van der Waals surface area contributed by atoms with Gasteiger partial charge < -0.3 is 23.8 Å². The van der Waals surface area contributed by atoms with Crippen molar-refractivity contribution >= 4 is 22.8 Å². The Morgan fingerprint density at radius 1 is 1.24 bits per heavy atom. The molecular formula is C18H19N3O4. The molecule has 1 N–H and O–H groups in total. The van der Waals surface area contributed by atoms with E-state index in [4.69, 9.17) is 13.6 Å². The maximum Gasteiger partial charge on any atom is 0.322 e. The summed E-state index contributed by atoms with van der Waals surface area (Å²) in [5, 5.41) is 2.93. The van der Waals surface area contributed by atoms with Gasteiger partial charge in [-0.25, -0.2) is 9.78 Å². The highest BCUT2D eigenvalue weighted by Crippen LogP contribution is 2.27. The number of oxazole rings is 1. The van der Waals surface area contributed by atoms with Crippen LogP contribution < -0.4 is 5.32 Å². The van der Waals surface area contributed by atoms with Crippen molar-refractivity contribution in [3.8, 4) is 0 Å². The number of rotatable bonds is 2. The Hall–Kier alpha value is -2.80. The zero-order chi connectivity index (χ0) is 17.4. The van der Waals surface area contributed by atoms with Gasteiger partial charge in [0.1, 0.15) is 23.1 Å². The number of aryl methyl sites for hydroxylation is 2. The van der Waals surface area contributed by atoms with Crippen molar-refractivity contribution < 1.29 is 18.4 Å². The molecule has 2 aromatic heterocycles. The molecule has 7 nitrogen and oxygen atoms in total. The van der Waals surface area contributed by atoms with E-state index >= 15 is 0 Å². The van der Waals surface area contributed by atoms with E-state index in [1.54, 1.807) is 30.0 Å². The molecule has 1 aliphatic heterocycles. The van der Waals surface area contributed by atoms with Crippen molar-refractivity contribution in [2.75, 3.05) is 25.1 Å². The number of morpholine rings is 1. The summed E-state index contributed by atoms with van der Waals surface area (Å²) in [5.74, 6) is 2.14. The average Bonchev–Trinajstić information content (AvgIpc) is 3.19. The van der Waals surface area contributed by atoms with Crippen molar-refractivity contribution in [3.63, 3.8) is 0 Å². The van der Waals surface area contributed by atoms with Gasteiger partial charge in [0.15, 0.2) is 11.5 Å². The minimum absolute atomic E-state index is 0.193. The van der Waals surface area contributed by atoms with E-state index in [0.29, 0.717) is 36.9 Å². The second kappa shape index (κ2) is 6.25. The summed E-state index contributed by atoms with van der Waals surface area (Å²) in [6.45, 7) is 5.10. The van der Waals surface area contributed by atoms with Gasteiger partial charge in [-0.1, -0.05) is 0 Å². The lowest BCUT2D eigenvalue weighted by molar-refractivity contribution is 0.00710. The van der Waals surface area contributed by atoms with Crippen LogP contribution in [0.3, 0.4) is 0 Å². The summed E-state index contributed by atoms with van der Waals surface area (Å²) < 4.78 is 16.7. The van der Waals surface area contributed by atoms with Crippen LogP contribution in [0.25, 0.3) is 11.1 Å². The number of ether oxygens (including phenoxy) is 1. The molecule has 1 fully saturated rings. The molecule has 1 saturated heterocycles. The Morgan fingerprint density at radius 2 is 2.12 bits per heavy atom. The number of aromatic nitrogens is 1. The average molecular weight is 341 g/mol. The standard InChI is InChI=1S/C18H19N3O4/c1-11-3-5-17(24-11)15-10-23-8-7-21(15)18(22)20-13-4-6-16-14(9-13)19-12(2)25-16/h3-6,9,15H,7-8,10H2,1-2H3,(H,20,22)/t15-/m1/s1. The summed E-state index contributed by atoms with van der Waals surface area (Å²) >= 11 is 0. The molecule has 3 heterocycles. The fraction of sp³-hybridized carbons (Fsp3) is 0.333. The number of urea groups is 1. The van der Waals surface area contributed by atoms with Gasteiger partial charge in [0, 0.05) is 19.2 Å². The number of furan rings is 1. The summed E-state index contributed by atoms with van der Waals surface area (Å²) in [7, 11) is 0. The Kier molecular flexibility index (Phi) is 3.93. The smallest absolute Gasteiger partial charge is 0.322 e. The summed E-state index contributed by atoms with van der Waals surface area (Å²) in [6.07, 6.45) is 0. The molecule has 3 aromatic rings. The third kappa shape index (κ3) is 3.10. The van der Waals surface area contributed by atoms with Crippen molar-refractivity contribution in [3.05, 3.63) is 47.7 Å². The first-order valence-electron chi connectivity index (χ1n) is 8.19. The molecule has 1 atom stereocenters. The molecule has 130 valence electrons. The molecular weight excluding hydrogens is 322 g/mol. The fourth-order valence-corrected chi connectivity index (χ4v) is 3.03. The predicted octanol–water partition coefficient (Wildman–Crippen LogP) is 3.64. The largest absolute Gasteiger partial charge is 0.464 e. The van der Waals surface area contributed by atoms with Crippen molar-refractivity contribution in [1.82, 2.24) is 9.88 Å². The van der Waals surface area contributed by atoms with Crippen LogP contribution in [0.1, 0.15) is 23.5 Å². The molecule has 25 heavy (non-hydrogen) atoms. The van der Waals surface area contributed by atoms with Crippen LogP contribution in [0.15, 0.2) is 39.2 Å². The van der Waals surface area contributed by atoms with Gasteiger partial charge in [0.2, 0.25) is 0 Å². The molecule has 0 radical (unpaired) electrons. The Balaban J connectivity index is 1.55. The predicted molar refractivity (Wildman–Crippen MR) is 91.5 cm³/mol. The number of hydrogen-bond donors (Lipinski definition) is 1. The number of fused-ring (bicyclic) bond motifs is 1. The molecule has 4 rings (SSSR count). The molecule has 0 saturated carbocycles. The molecule has 0 unspecified atom stereocenters. The van der Waals surface area contributed by atoms with E-state index in [2.05, 4.69) is 10.3 Å². The van der Waals surface area contributed by atoms with Gasteiger partial charge >= 0.3 is 6.03 Å². The van der Waals surface area contributed by atoms with E-state index in [9.17, 15) is 4.79 Å². The van der Waals surface area contributed by atoms with Gasteiger partial charge in [0.25, 0.3) is 0 Å².